The van der Waals surface area contributed by atoms with Crippen LogP contribution in [0.25, 0.3) is 0 Å². The van der Waals surface area contributed by atoms with Crippen molar-refractivity contribution in [1.82, 2.24) is 0 Å². The van der Waals surface area contributed by atoms with E-state index < -0.39 is 0 Å². The van der Waals surface area contributed by atoms with E-state index in [9.17, 15) is 4.39 Å². The van der Waals surface area contributed by atoms with Crippen LogP contribution in [0.1, 0.15) is 43.7 Å². The number of ether oxygens (including phenoxy) is 1. The van der Waals surface area contributed by atoms with Gasteiger partial charge in [0.05, 0.1) is 12.7 Å². The number of hydrogen-bond acceptors (Lipinski definition) is 2. The predicted molar refractivity (Wildman–Crippen MR) is 70.5 cm³/mol. The lowest BCUT2D eigenvalue weighted by molar-refractivity contribution is -0.0165. The summed E-state index contributed by atoms with van der Waals surface area (Å²) in [7, 11) is 0. The molecule has 2 rings (SSSR count). The van der Waals surface area contributed by atoms with Gasteiger partial charge in [-0.05, 0) is 18.8 Å². The molecule has 1 aliphatic carbocycles. The molecule has 1 saturated carbocycles. The van der Waals surface area contributed by atoms with Crippen LogP contribution in [-0.2, 0) is 17.9 Å². The molecule has 0 amide bonds. The Morgan fingerprint density at radius 2 is 2.00 bits per heavy atom. The van der Waals surface area contributed by atoms with E-state index >= 15 is 0 Å². The first-order valence-corrected chi connectivity index (χ1v) is 6.80. The lowest BCUT2D eigenvalue weighted by atomic mass is 9.88. The Hall–Kier alpha value is -0.930. The first-order chi connectivity index (χ1) is 8.72. The zero-order valence-electron chi connectivity index (χ0n) is 11.0. The van der Waals surface area contributed by atoms with Crippen LogP contribution in [0.5, 0.6) is 0 Å². The van der Waals surface area contributed by atoms with Gasteiger partial charge in [0.25, 0.3) is 0 Å². The summed E-state index contributed by atoms with van der Waals surface area (Å²) in [5.74, 6) is 0.378. The standard InChI is InChI=1S/C15H22FNO/c1-11-5-2-3-8-14(11)18-10-13-7-4-6-12(9-17)15(13)16/h4,6-7,11,14H,2-3,5,8-10,17H2,1H3. The average molecular weight is 251 g/mol. The second-order valence-corrected chi connectivity index (χ2v) is 5.21. The molecule has 3 heteroatoms. The number of nitrogens with two attached hydrogens (primary N) is 1. The van der Waals surface area contributed by atoms with Gasteiger partial charge in [0.15, 0.2) is 0 Å². The fourth-order valence-electron chi connectivity index (χ4n) is 2.63. The maximum absolute atomic E-state index is 14.0. The van der Waals surface area contributed by atoms with Crippen molar-refractivity contribution in [3.8, 4) is 0 Å². The molecule has 0 spiro atoms. The third-order valence-electron chi connectivity index (χ3n) is 3.86. The van der Waals surface area contributed by atoms with Crippen molar-refractivity contribution in [3.05, 3.63) is 35.1 Å². The highest BCUT2D eigenvalue weighted by Gasteiger charge is 2.22. The lowest BCUT2D eigenvalue weighted by Gasteiger charge is -2.28. The van der Waals surface area contributed by atoms with E-state index in [1.165, 1.54) is 19.3 Å². The number of rotatable bonds is 4. The summed E-state index contributed by atoms with van der Waals surface area (Å²) in [5.41, 5.74) is 6.68. The molecule has 100 valence electrons. The molecular formula is C15H22FNO. The molecule has 1 aromatic carbocycles. The van der Waals surface area contributed by atoms with Gasteiger partial charge >= 0.3 is 0 Å². The number of halogens is 1. The van der Waals surface area contributed by atoms with E-state index in [-0.39, 0.29) is 18.5 Å². The molecule has 2 atom stereocenters. The number of hydrogen-bond donors (Lipinski definition) is 1. The van der Waals surface area contributed by atoms with Gasteiger partial charge in [-0.1, -0.05) is 38.0 Å². The van der Waals surface area contributed by atoms with E-state index in [0.29, 0.717) is 23.7 Å². The minimum atomic E-state index is -0.205. The van der Waals surface area contributed by atoms with Gasteiger partial charge in [0, 0.05) is 17.7 Å². The van der Waals surface area contributed by atoms with Crippen LogP contribution in [0.3, 0.4) is 0 Å². The maximum atomic E-state index is 14.0. The third-order valence-corrected chi connectivity index (χ3v) is 3.86. The smallest absolute Gasteiger partial charge is 0.133 e. The van der Waals surface area contributed by atoms with E-state index in [1.807, 2.05) is 6.07 Å². The van der Waals surface area contributed by atoms with E-state index in [2.05, 4.69) is 6.92 Å². The molecule has 1 aromatic rings. The van der Waals surface area contributed by atoms with Gasteiger partial charge < -0.3 is 10.5 Å². The second-order valence-electron chi connectivity index (χ2n) is 5.21. The van der Waals surface area contributed by atoms with E-state index in [1.54, 1.807) is 12.1 Å². The highest BCUT2D eigenvalue weighted by molar-refractivity contribution is 5.25. The Bertz CT molecular complexity index is 394. The van der Waals surface area contributed by atoms with Gasteiger partial charge in [-0.2, -0.15) is 0 Å². The Morgan fingerprint density at radius 3 is 2.72 bits per heavy atom. The van der Waals surface area contributed by atoms with Crippen molar-refractivity contribution in [3.63, 3.8) is 0 Å². The zero-order valence-corrected chi connectivity index (χ0v) is 11.0. The van der Waals surface area contributed by atoms with Gasteiger partial charge in [-0.25, -0.2) is 4.39 Å². The molecule has 0 heterocycles. The zero-order chi connectivity index (χ0) is 13.0. The molecule has 0 aliphatic heterocycles. The van der Waals surface area contributed by atoms with Crippen LogP contribution >= 0.6 is 0 Å². The summed E-state index contributed by atoms with van der Waals surface area (Å²) in [5, 5.41) is 0. The van der Waals surface area contributed by atoms with Gasteiger partial charge in [-0.15, -0.1) is 0 Å². The Kier molecular flexibility index (Phi) is 4.72. The molecule has 1 fully saturated rings. The number of benzene rings is 1. The van der Waals surface area contributed by atoms with Gasteiger partial charge in [0.1, 0.15) is 5.82 Å². The first kappa shape index (κ1) is 13.5. The molecular weight excluding hydrogens is 229 g/mol. The van der Waals surface area contributed by atoms with Crippen LogP contribution in [0, 0.1) is 11.7 Å². The maximum Gasteiger partial charge on any atom is 0.133 e. The van der Waals surface area contributed by atoms with Crippen molar-refractivity contribution < 1.29 is 9.13 Å². The monoisotopic (exact) mass is 251 g/mol. The molecule has 2 N–H and O–H groups in total. The van der Waals surface area contributed by atoms with Crippen LogP contribution in [0.2, 0.25) is 0 Å². The SMILES string of the molecule is CC1CCCCC1OCc1cccc(CN)c1F. The summed E-state index contributed by atoms with van der Waals surface area (Å²) in [6, 6.07) is 5.35. The van der Waals surface area contributed by atoms with Crippen molar-refractivity contribution in [2.24, 2.45) is 11.7 Å². The van der Waals surface area contributed by atoms with Crippen molar-refractivity contribution in [2.75, 3.05) is 0 Å². The van der Waals surface area contributed by atoms with Crippen molar-refractivity contribution >= 4 is 0 Å². The molecule has 0 radical (unpaired) electrons. The summed E-state index contributed by atoms with van der Waals surface area (Å²) in [4.78, 5) is 0. The quantitative estimate of drug-likeness (QED) is 0.890. The minimum Gasteiger partial charge on any atom is -0.373 e. The highest BCUT2D eigenvalue weighted by atomic mass is 19.1. The van der Waals surface area contributed by atoms with E-state index in [4.69, 9.17) is 10.5 Å². The van der Waals surface area contributed by atoms with Crippen LogP contribution in [0.15, 0.2) is 18.2 Å². The topological polar surface area (TPSA) is 35.2 Å². The first-order valence-electron chi connectivity index (χ1n) is 6.80. The fourth-order valence-corrected chi connectivity index (χ4v) is 2.63. The second kappa shape index (κ2) is 6.30. The Morgan fingerprint density at radius 1 is 1.28 bits per heavy atom. The van der Waals surface area contributed by atoms with Gasteiger partial charge in [0.2, 0.25) is 0 Å². The summed E-state index contributed by atoms with van der Waals surface area (Å²) >= 11 is 0. The third kappa shape index (κ3) is 3.09. The van der Waals surface area contributed by atoms with E-state index in [0.717, 1.165) is 6.42 Å². The van der Waals surface area contributed by atoms with Crippen LogP contribution in [0.4, 0.5) is 4.39 Å². The Labute approximate surface area is 108 Å². The average Bonchev–Trinajstić information content (AvgIpc) is 2.39. The van der Waals surface area contributed by atoms with Crippen molar-refractivity contribution in [2.45, 2.75) is 51.9 Å². The lowest BCUT2D eigenvalue weighted by Crippen LogP contribution is -2.25. The molecule has 0 aromatic heterocycles. The Balaban J connectivity index is 1.97. The summed E-state index contributed by atoms with van der Waals surface area (Å²) in [6.45, 7) is 2.81. The summed E-state index contributed by atoms with van der Waals surface area (Å²) < 4.78 is 19.8. The molecule has 2 unspecified atom stereocenters. The molecule has 1 aliphatic rings. The van der Waals surface area contributed by atoms with Gasteiger partial charge in [-0.3, -0.25) is 0 Å². The molecule has 0 bridgehead atoms. The van der Waals surface area contributed by atoms with Crippen molar-refractivity contribution in [1.29, 1.82) is 0 Å². The summed E-state index contributed by atoms with van der Waals surface area (Å²) in [6.07, 6.45) is 5.10. The molecule has 18 heavy (non-hydrogen) atoms. The molecule has 0 saturated heterocycles. The predicted octanol–water partition coefficient (Wildman–Crippen LogP) is 3.38. The fraction of sp³-hybridized carbons (Fsp3) is 0.600. The normalized spacial score (nSPS) is 24.2. The highest BCUT2D eigenvalue weighted by Crippen LogP contribution is 2.27. The largest absolute Gasteiger partial charge is 0.373 e. The van der Waals surface area contributed by atoms with Crippen LogP contribution < -0.4 is 5.73 Å². The molecule has 2 nitrogen and oxygen atoms in total. The van der Waals surface area contributed by atoms with Crippen LogP contribution in [-0.4, -0.2) is 6.10 Å². The minimum absolute atomic E-state index is 0.205.